The van der Waals surface area contributed by atoms with E-state index in [1.807, 2.05) is 11.7 Å². The molecule has 1 N–H and O–H groups in total. The van der Waals surface area contributed by atoms with Crippen LogP contribution in [0.25, 0.3) is 0 Å². The zero-order chi connectivity index (χ0) is 11.4. The molecule has 0 fully saturated rings. The van der Waals surface area contributed by atoms with Crippen molar-refractivity contribution in [3.8, 4) is 0 Å². The van der Waals surface area contributed by atoms with E-state index in [9.17, 15) is 0 Å². The van der Waals surface area contributed by atoms with E-state index in [0.29, 0.717) is 6.04 Å². The Morgan fingerprint density at radius 1 is 1.31 bits per heavy atom. The van der Waals surface area contributed by atoms with E-state index in [4.69, 9.17) is 0 Å². The van der Waals surface area contributed by atoms with Crippen LogP contribution in [0.1, 0.15) is 29.0 Å². The molecule has 1 aromatic carbocycles. The molecule has 1 atom stereocenters. The highest BCUT2D eigenvalue weighted by molar-refractivity contribution is 7.09. The number of hydrogen-bond acceptors (Lipinski definition) is 3. The summed E-state index contributed by atoms with van der Waals surface area (Å²) in [7, 11) is 0. The maximum absolute atomic E-state index is 4.09. The Morgan fingerprint density at radius 2 is 2.06 bits per heavy atom. The number of nitrogens with one attached hydrogen (secondary N) is 1. The molecule has 2 aromatic rings. The second-order valence-corrected chi connectivity index (χ2v) is 4.91. The largest absolute Gasteiger partial charge is 0.305 e. The molecule has 16 heavy (non-hydrogen) atoms. The highest BCUT2D eigenvalue weighted by Gasteiger charge is 2.05. The van der Waals surface area contributed by atoms with Gasteiger partial charge in [0.05, 0.1) is 5.51 Å². The van der Waals surface area contributed by atoms with Crippen LogP contribution in [0.4, 0.5) is 0 Å². The van der Waals surface area contributed by atoms with Crippen molar-refractivity contribution in [2.75, 3.05) is 0 Å². The first-order valence-corrected chi connectivity index (χ1v) is 6.31. The summed E-state index contributed by atoms with van der Waals surface area (Å²) in [6, 6.07) is 9.00. The van der Waals surface area contributed by atoms with Crippen molar-refractivity contribution in [1.82, 2.24) is 10.3 Å². The van der Waals surface area contributed by atoms with Gasteiger partial charge in [-0.05, 0) is 19.4 Å². The minimum absolute atomic E-state index is 0.369. The lowest BCUT2D eigenvalue weighted by molar-refractivity contribution is 0.582. The van der Waals surface area contributed by atoms with Gasteiger partial charge in [0.2, 0.25) is 0 Å². The van der Waals surface area contributed by atoms with E-state index < -0.39 is 0 Å². The third-order valence-corrected chi connectivity index (χ3v) is 3.57. The first-order valence-electron chi connectivity index (χ1n) is 5.43. The van der Waals surface area contributed by atoms with Gasteiger partial charge in [-0.3, -0.25) is 4.98 Å². The van der Waals surface area contributed by atoms with Crippen molar-refractivity contribution in [2.24, 2.45) is 0 Å². The van der Waals surface area contributed by atoms with Crippen LogP contribution < -0.4 is 5.32 Å². The predicted molar refractivity (Wildman–Crippen MR) is 68.5 cm³/mol. The Morgan fingerprint density at radius 3 is 2.69 bits per heavy atom. The van der Waals surface area contributed by atoms with Crippen LogP contribution in [0.3, 0.4) is 0 Å². The average Bonchev–Trinajstić information content (AvgIpc) is 2.81. The predicted octanol–water partition coefficient (Wildman–Crippen LogP) is 3.30. The molecule has 0 saturated heterocycles. The van der Waals surface area contributed by atoms with Crippen molar-refractivity contribution < 1.29 is 0 Å². The van der Waals surface area contributed by atoms with E-state index in [1.54, 1.807) is 11.3 Å². The monoisotopic (exact) mass is 232 g/mol. The second kappa shape index (κ2) is 5.23. The van der Waals surface area contributed by atoms with E-state index in [1.165, 1.54) is 16.0 Å². The Kier molecular flexibility index (Phi) is 3.70. The maximum atomic E-state index is 4.09. The number of hydrogen-bond donors (Lipinski definition) is 1. The fraction of sp³-hybridized carbons (Fsp3) is 0.308. The van der Waals surface area contributed by atoms with Gasteiger partial charge in [-0.2, -0.15) is 0 Å². The standard InChI is InChI=1S/C13H16N2S/c1-10-3-5-12(6-4-10)7-15-11(2)13-8-14-9-16-13/h3-6,8-9,11,15H,7H2,1-2H3. The zero-order valence-corrected chi connectivity index (χ0v) is 10.4. The van der Waals surface area contributed by atoms with E-state index >= 15 is 0 Å². The molecule has 0 radical (unpaired) electrons. The van der Waals surface area contributed by atoms with Gasteiger partial charge in [-0.25, -0.2) is 0 Å². The third-order valence-electron chi connectivity index (χ3n) is 2.61. The molecule has 3 heteroatoms. The molecule has 84 valence electrons. The summed E-state index contributed by atoms with van der Waals surface area (Å²) >= 11 is 1.70. The van der Waals surface area contributed by atoms with Crippen LogP contribution in [-0.2, 0) is 6.54 Å². The summed E-state index contributed by atoms with van der Waals surface area (Å²) in [6.07, 6.45) is 1.93. The average molecular weight is 232 g/mol. The molecule has 0 aliphatic heterocycles. The highest BCUT2D eigenvalue weighted by Crippen LogP contribution is 2.16. The molecular formula is C13H16N2S. The van der Waals surface area contributed by atoms with Crippen LogP contribution in [-0.4, -0.2) is 4.98 Å². The topological polar surface area (TPSA) is 24.9 Å². The smallest absolute Gasteiger partial charge is 0.0794 e. The summed E-state index contributed by atoms with van der Waals surface area (Å²) < 4.78 is 0. The van der Waals surface area contributed by atoms with Gasteiger partial charge in [-0.1, -0.05) is 29.8 Å². The molecular weight excluding hydrogens is 216 g/mol. The van der Waals surface area contributed by atoms with Gasteiger partial charge in [0.25, 0.3) is 0 Å². The lowest BCUT2D eigenvalue weighted by Gasteiger charge is -2.11. The quantitative estimate of drug-likeness (QED) is 0.875. The summed E-state index contributed by atoms with van der Waals surface area (Å²) in [6.45, 7) is 5.18. The van der Waals surface area contributed by atoms with Crippen LogP contribution in [0.2, 0.25) is 0 Å². The van der Waals surface area contributed by atoms with Gasteiger partial charge in [-0.15, -0.1) is 11.3 Å². The van der Waals surface area contributed by atoms with E-state index in [2.05, 4.69) is 48.4 Å². The Labute approximate surface area is 100 Å². The molecule has 0 bridgehead atoms. The van der Waals surface area contributed by atoms with Gasteiger partial charge < -0.3 is 5.32 Å². The molecule has 0 amide bonds. The summed E-state index contributed by atoms with van der Waals surface area (Å²) in [5.74, 6) is 0. The van der Waals surface area contributed by atoms with E-state index in [0.717, 1.165) is 6.54 Å². The highest BCUT2D eigenvalue weighted by atomic mass is 32.1. The van der Waals surface area contributed by atoms with Crippen molar-refractivity contribution >= 4 is 11.3 Å². The Balaban J connectivity index is 1.90. The van der Waals surface area contributed by atoms with Crippen molar-refractivity contribution in [1.29, 1.82) is 0 Å². The van der Waals surface area contributed by atoms with Crippen LogP contribution >= 0.6 is 11.3 Å². The maximum Gasteiger partial charge on any atom is 0.0794 e. The number of rotatable bonds is 4. The number of aryl methyl sites for hydroxylation is 1. The minimum Gasteiger partial charge on any atom is -0.305 e. The van der Waals surface area contributed by atoms with Gasteiger partial charge in [0, 0.05) is 23.7 Å². The summed E-state index contributed by atoms with van der Waals surface area (Å²) in [5.41, 5.74) is 4.50. The fourth-order valence-corrected chi connectivity index (χ4v) is 2.17. The molecule has 1 aromatic heterocycles. The summed E-state index contributed by atoms with van der Waals surface area (Å²) in [4.78, 5) is 5.37. The molecule has 2 rings (SSSR count). The summed E-state index contributed by atoms with van der Waals surface area (Å²) in [5, 5.41) is 3.49. The first kappa shape index (κ1) is 11.3. The SMILES string of the molecule is Cc1ccc(CNC(C)c2cncs2)cc1. The molecule has 0 aliphatic carbocycles. The first-order chi connectivity index (χ1) is 7.75. The fourth-order valence-electron chi connectivity index (χ4n) is 1.52. The zero-order valence-electron chi connectivity index (χ0n) is 9.60. The number of nitrogens with zero attached hydrogens (tertiary/aromatic N) is 1. The number of aromatic nitrogens is 1. The second-order valence-electron chi connectivity index (χ2n) is 3.99. The molecule has 2 nitrogen and oxygen atoms in total. The molecule has 1 heterocycles. The van der Waals surface area contributed by atoms with Crippen molar-refractivity contribution in [3.63, 3.8) is 0 Å². The molecule has 1 unspecified atom stereocenters. The third kappa shape index (κ3) is 2.90. The molecule has 0 spiro atoms. The lowest BCUT2D eigenvalue weighted by Crippen LogP contribution is -2.17. The van der Waals surface area contributed by atoms with E-state index in [-0.39, 0.29) is 0 Å². The van der Waals surface area contributed by atoms with Crippen LogP contribution in [0.5, 0.6) is 0 Å². The number of thiazole rings is 1. The Hall–Kier alpha value is -1.19. The van der Waals surface area contributed by atoms with Crippen LogP contribution in [0.15, 0.2) is 36.0 Å². The van der Waals surface area contributed by atoms with Gasteiger partial charge >= 0.3 is 0 Å². The van der Waals surface area contributed by atoms with Gasteiger partial charge in [0.1, 0.15) is 0 Å². The van der Waals surface area contributed by atoms with Crippen molar-refractivity contribution in [2.45, 2.75) is 26.4 Å². The Bertz CT molecular complexity index is 420. The molecule has 0 aliphatic rings. The van der Waals surface area contributed by atoms with Crippen LogP contribution in [0, 0.1) is 6.92 Å². The lowest BCUT2D eigenvalue weighted by atomic mass is 10.1. The minimum atomic E-state index is 0.369. The normalized spacial score (nSPS) is 12.6. The van der Waals surface area contributed by atoms with Gasteiger partial charge in [0.15, 0.2) is 0 Å². The van der Waals surface area contributed by atoms with Crippen molar-refractivity contribution in [3.05, 3.63) is 52.0 Å². The number of benzene rings is 1. The molecule has 0 saturated carbocycles.